The number of hydrogen-bond acceptors (Lipinski definition) is 7. The van der Waals surface area contributed by atoms with Crippen molar-refractivity contribution >= 4 is 17.8 Å². The summed E-state index contributed by atoms with van der Waals surface area (Å²) in [6.07, 6.45) is 1.47. The van der Waals surface area contributed by atoms with Crippen molar-refractivity contribution in [2.24, 2.45) is 0 Å². The summed E-state index contributed by atoms with van der Waals surface area (Å²) in [4.78, 5) is 38.8. The molecule has 0 spiro atoms. The molecule has 2 aliphatic heterocycles. The number of esters is 1. The molecule has 0 saturated carbocycles. The number of furan rings is 1. The Bertz CT molecular complexity index is 1150. The molecule has 0 fully saturated rings. The molecule has 3 heterocycles. The Kier molecular flexibility index (Phi) is 3.83. The van der Waals surface area contributed by atoms with Crippen LogP contribution in [-0.2, 0) is 6.54 Å². The fourth-order valence-electron chi connectivity index (χ4n) is 3.23. The van der Waals surface area contributed by atoms with E-state index in [9.17, 15) is 14.4 Å². The number of carbonyl (C=O) groups is 3. The molecular formula is C21H13NO7. The lowest BCUT2D eigenvalue weighted by Gasteiger charge is -2.11. The molecule has 5 rings (SSSR count). The van der Waals surface area contributed by atoms with E-state index in [0.29, 0.717) is 17.3 Å². The van der Waals surface area contributed by atoms with E-state index in [1.54, 1.807) is 30.3 Å². The van der Waals surface area contributed by atoms with Gasteiger partial charge < -0.3 is 18.6 Å². The molecule has 0 saturated heterocycles. The third-order valence-corrected chi connectivity index (χ3v) is 4.66. The maximum atomic E-state index is 12.7. The minimum Gasteiger partial charge on any atom is -0.467 e. The second-order valence-corrected chi connectivity index (χ2v) is 6.44. The summed E-state index contributed by atoms with van der Waals surface area (Å²) < 4.78 is 21.0. The predicted octanol–water partition coefficient (Wildman–Crippen LogP) is 3.02. The van der Waals surface area contributed by atoms with Crippen molar-refractivity contribution in [3.8, 4) is 17.2 Å². The van der Waals surface area contributed by atoms with Crippen molar-refractivity contribution in [1.29, 1.82) is 0 Å². The molecule has 29 heavy (non-hydrogen) atoms. The van der Waals surface area contributed by atoms with Gasteiger partial charge in [-0.15, -0.1) is 0 Å². The first-order chi connectivity index (χ1) is 14.1. The van der Waals surface area contributed by atoms with Gasteiger partial charge in [0, 0.05) is 6.07 Å². The van der Waals surface area contributed by atoms with Crippen LogP contribution < -0.4 is 14.2 Å². The summed E-state index contributed by atoms with van der Waals surface area (Å²) in [5, 5.41) is 0. The highest BCUT2D eigenvalue weighted by atomic mass is 16.7. The van der Waals surface area contributed by atoms with E-state index >= 15 is 0 Å². The largest absolute Gasteiger partial charge is 0.467 e. The van der Waals surface area contributed by atoms with Gasteiger partial charge in [-0.25, -0.2) is 4.79 Å². The Labute approximate surface area is 164 Å². The van der Waals surface area contributed by atoms with Crippen molar-refractivity contribution < 1.29 is 33.0 Å². The summed E-state index contributed by atoms with van der Waals surface area (Å²) in [7, 11) is 0. The van der Waals surface area contributed by atoms with Crippen LogP contribution in [0.3, 0.4) is 0 Å². The van der Waals surface area contributed by atoms with Gasteiger partial charge in [0.1, 0.15) is 11.5 Å². The van der Waals surface area contributed by atoms with E-state index in [-0.39, 0.29) is 35.8 Å². The second kappa shape index (κ2) is 6.52. The van der Waals surface area contributed by atoms with Crippen LogP contribution in [0.15, 0.2) is 59.2 Å². The van der Waals surface area contributed by atoms with Crippen LogP contribution in [0.5, 0.6) is 17.2 Å². The molecule has 144 valence electrons. The van der Waals surface area contributed by atoms with Crippen LogP contribution >= 0.6 is 0 Å². The van der Waals surface area contributed by atoms with Gasteiger partial charge in [0.2, 0.25) is 6.79 Å². The van der Waals surface area contributed by atoms with E-state index in [0.717, 1.165) is 4.90 Å². The standard InChI is InChI=1S/C21H13NO7/c23-19-15-5-3-12(8-16(15)20(24)22(19)10-14-2-1-7-26-14)21(25)29-13-4-6-17-18(9-13)28-11-27-17/h1-9H,10-11H2. The molecule has 0 bridgehead atoms. The first kappa shape index (κ1) is 17.1. The molecule has 0 radical (unpaired) electrons. The fourth-order valence-corrected chi connectivity index (χ4v) is 3.23. The average molecular weight is 391 g/mol. The Balaban J connectivity index is 1.37. The highest BCUT2D eigenvalue weighted by Crippen LogP contribution is 2.35. The zero-order valence-electron chi connectivity index (χ0n) is 14.9. The Morgan fingerprint density at radius 2 is 1.79 bits per heavy atom. The van der Waals surface area contributed by atoms with Crippen molar-refractivity contribution in [3.63, 3.8) is 0 Å². The average Bonchev–Trinajstić information content (AvgIpc) is 3.45. The van der Waals surface area contributed by atoms with E-state index in [2.05, 4.69) is 0 Å². The number of amides is 2. The number of fused-ring (bicyclic) bond motifs is 2. The summed E-state index contributed by atoms with van der Waals surface area (Å²) >= 11 is 0. The molecule has 2 aromatic carbocycles. The molecule has 0 aliphatic carbocycles. The summed E-state index contributed by atoms with van der Waals surface area (Å²) in [5.74, 6) is 0.248. The summed E-state index contributed by atoms with van der Waals surface area (Å²) in [6, 6.07) is 12.4. The number of ether oxygens (including phenoxy) is 3. The Hall–Kier alpha value is -4.07. The molecule has 8 nitrogen and oxygen atoms in total. The highest BCUT2D eigenvalue weighted by molar-refractivity contribution is 6.21. The molecule has 0 unspecified atom stereocenters. The van der Waals surface area contributed by atoms with Gasteiger partial charge in [0.15, 0.2) is 11.5 Å². The molecule has 8 heteroatoms. The number of imide groups is 1. The quantitative estimate of drug-likeness (QED) is 0.383. The van der Waals surface area contributed by atoms with Gasteiger partial charge in [-0.2, -0.15) is 0 Å². The molecule has 3 aromatic rings. The summed E-state index contributed by atoms with van der Waals surface area (Å²) in [5.41, 5.74) is 0.547. The normalized spacial score (nSPS) is 14.3. The van der Waals surface area contributed by atoms with Crippen LogP contribution in [0.2, 0.25) is 0 Å². The van der Waals surface area contributed by atoms with Gasteiger partial charge in [-0.05, 0) is 42.5 Å². The number of benzene rings is 2. The number of hydrogen-bond donors (Lipinski definition) is 0. The van der Waals surface area contributed by atoms with Crippen molar-refractivity contribution in [1.82, 2.24) is 4.90 Å². The molecule has 1 aromatic heterocycles. The van der Waals surface area contributed by atoms with Crippen LogP contribution in [0.4, 0.5) is 0 Å². The molecule has 2 aliphatic rings. The molecule has 2 amide bonds. The van der Waals surface area contributed by atoms with Gasteiger partial charge >= 0.3 is 5.97 Å². The molecule has 0 N–H and O–H groups in total. The van der Waals surface area contributed by atoms with Gasteiger partial charge in [-0.1, -0.05) is 0 Å². The maximum absolute atomic E-state index is 12.7. The monoisotopic (exact) mass is 391 g/mol. The SMILES string of the molecule is O=C(Oc1ccc2c(c1)OCO2)c1ccc2c(c1)C(=O)N(Cc1ccco1)C2=O. The van der Waals surface area contributed by atoms with Gasteiger partial charge in [-0.3, -0.25) is 14.5 Å². The minimum atomic E-state index is -0.656. The van der Waals surface area contributed by atoms with E-state index in [1.807, 2.05) is 0 Å². The lowest BCUT2D eigenvalue weighted by Crippen LogP contribution is -2.28. The smallest absolute Gasteiger partial charge is 0.343 e. The molecular weight excluding hydrogens is 378 g/mol. The first-order valence-electron chi connectivity index (χ1n) is 8.74. The van der Waals surface area contributed by atoms with Crippen LogP contribution in [0.25, 0.3) is 0 Å². The molecule has 0 atom stereocenters. The Morgan fingerprint density at radius 1 is 0.966 bits per heavy atom. The van der Waals surface area contributed by atoms with E-state index < -0.39 is 17.8 Å². The first-order valence-corrected chi connectivity index (χ1v) is 8.74. The van der Waals surface area contributed by atoms with Crippen molar-refractivity contribution in [2.45, 2.75) is 6.54 Å². The zero-order chi connectivity index (χ0) is 20.0. The zero-order valence-corrected chi connectivity index (χ0v) is 14.9. The van der Waals surface area contributed by atoms with E-state index in [4.69, 9.17) is 18.6 Å². The third-order valence-electron chi connectivity index (χ3n) is 4.66. The highest BCUT2D eigenvalue weighted by Gasteiger charge is 2.36. The Morgan fingerprint density at radius 3 is 2.62 bits per heavy atom. The van der Waals surface area contributed by atoms with Crippen LogP contribution in [-0.4, -0.2) is 29.5 Å². The van der Waals surface area contributed by atoms with Crippen LogP contribution in [0, 0.1) is 0 Å². The lowest BCUT2D eigenvalue weighted by molar-refractivity contribution is 0.0631. The van der Waals surface area contributed by atoms with E-state index in [1.165, 1.54) is 24.5 Å². The lowest BCUT2D eigenvalue weighted by atomic mass is 10.1. The number of rotatable bonds is 4. The minimum absolute atomic E-state index is 0.0241. The second-order valence-electron chi connectivity index (χ2n) is 6.44. The predicted molar refractivity (Wildman–Crippen MR) is 96.9 cm³/mol. The third kappa shape index (κ3) is 2.91. The van der Waals surface area contributed by atoms with Gasteiger partial charge in [0.25, 0.3) is 11.8 Å². The number of carbonyl (C=O) groups excluding carboxylic acids is 3. The topological polar surface area (TPSA) is 95.3 Å². The van der Waals surface area contributed by atoms with Gasteiger partial charge in [0.05, 0.1) is 29.5 Å². The van der Waals surface area contributed by atoms with Crippen LogP contribution in [0.1, 0.15) is 36.8 Å². The maximum Gasteiger partial charge on any atom is 0.343 e. The number of nitrogens with zero attached hydrogens (tertiary/aromatic N) is 1. The fraction of sp³-hybridized carbons (Fsp3) is 0.0952. The van der Waals surface area contributed by atoms with Crippen molar-refractivity contribution in [2.75, 3.05) is 6.79 Å². The summed E-state index contributed by atoms with van der Waals surface area (Å²) in [6.45, 7) is 0.137. The van der Waals surface area contributed by atoms with Crippen molar-refractivity contribution in [3.05, 3.63) is 77.2 Å².